The van der Waals surface area contributed by atoms with Crippen molar-refractivity contribution in [2.24, 2.45) is 0 Å². The number of hydrogen-bond donors (Lipinski definition) is 3. The highest BCUT2D eigenvalue weighted by Crippen LogP contribution is 2.22. The number of benzene rings is 2. The zero-order valence-electron chi connectivity index (χ0n) is 18.6. The molecule has 3 aromatic rings. The van der Waals surface area contributed by atoms with Gasteiger partial charge in [-0.3, -0.25) is 14.8 Å². The second kappa shape index (κ2) is 10.9. The largest absolute Gasteiger partial charge is 0.490 e. The van der Waals surface area contributed by atoms with Crippen LogP contribution in [-0.4, -0.2) is 42.6 Å². The van der Waals surface area contributed by atoms with E-state index < -0.39 is 15.9 Å². The van der Waals surface area contributed by atoms with Gasteiger partial charge >= 0.3 is 0 Å². The molecule has 1 amide bonds. The molecule has 1 heterocycles. The smallest absolute Gasteiger partial charge is 0.263 e. The van der Waals surface area contributed by atoms with Crippen LogP contribution in [0.15, 0.2) is 65.8 Å². The van der Waals surface area contributed by atoms with E-state index in [-0.39, 0.29) is 27.8 Å². The minimum Gasteiger partial charge on any atom is -0.490 e. The molecule has 2 aromatic carbocycles. The van der Waals surface area contributed by atoms with Crippen molar-refractivity contribution in [2.45, 2.75) is 24.8 Å². The number of sulfonamides is 1. The van der Waals surface area contributed by atoms with Gasteiger partial charge in [-0.05, 0) is 62.5 Å². The zero-order valence-corrected chi connectivity index (χ0v) is 20.2. The number of ether oxygens (including phenoxy) is 2. The van der Waals surface area contributed by atoms with E-state index in [1.54, 1.807) is 24.3 Å². The topological polar surface area (TPSA) is 132 Å². The molecule has 0 aliphatic rings. The average Bonchev–Trinajstić information content (AvgIpc) is 2.79. The molecule has 178 valence electrons. The van der Waals surface area contributed by atoms with Gasteiger partial charge in [0.15, 0.2) is 5.11 Å². The Morgan fingerprint density at radius 1 is 1.03 bits per heavy atom. The van der Waals surface area contributed by atoms with E-state index in [1.165, 1.54) is 43.8 Å². The van der Waals surface area contributed by atoms with Crippen LogP contribution in [0, 0.1) is 0 Å². The van der Waals surface area contributed by atoms with Crippen molar-refractivity contribution in [3.63, 3.8) is 0 Å². The predicted molar refractivity (Wildman–Crippen MR) is 132 cm³/mol. The Morgan fingerprint density at radius 3 is 2.38 bits per heavy atom. The Hall–Kier alpha value is -3.77. The fourth-order valence-electron chi connectivity index (χ4n) is 2.79. The number of nitrogens with one attached hydrogen (secondary N) is 3. The van der Waals surface area contributed by atoms with E-state index >= 15 is 0 Å². The highest BCUT2D eigenvalue weighted by Gasteiger charge is 2.18. The molecular formula is C22H23N5O5S2. The van der Waals surface area contributed by atoms with Gasteiger partial charge in [0.2, 0.25) is 5.82 Å². The maximum atomic E-state index is 12.7. The standard InChI is InChI=1S/C22H23N5O5S2/c1-14(2)32-18-7-5-4-6-17(18)20(28)26-22(33)25-15-8-10-16(11-9-15)34(29,30)27-19-21(31-3)24-13-12-23-19/h4-14H,1-3H3,(H,23,27)(H2,25,26,28,33). The van der Waals surface area contributed by atoms with E-state index in [0.29, 0.717) is 17.0 Å². The Balaban J connectivity index is 1.65. The van der Waals surface area contributed by atoms with E-state index in [9.17, 15) is 13.2 Å². The van der Waals surface area contributed by atoms with Crippen LogP contribution in [0.4, 0.5) is 11.5 Å². The second-order valence-corrected chi connectivity index (χ2v) is 9.21. The van der Waals surface area contributed by atoms with Crippen molar-refractivity contribution in [3.05, 3.63) is 66.5 Å². The number of rotatable bonds is 8. The summed E-state index contributed by atoms with van der Waals surface area (Å²) in [6, 6.07) is 12.6. The molecule has 34 heavy (non-hydrogen) atoms. The molecule has 0 radical (unpaired) electrons. The molecule has 3 N–H and O–H groups in total. The van der Waals surface area contributed by atoms with Crippen molar-refractivity contribution in [1.29, 1.82) is 0 Å². The molecule has 0 unspecified atom stereocenters. The molecule has 0 atom stereocenters. The number of methoxy groups -OCH3 is 1. The molecule has 0 aliphatic heterocycles. The third-order valence-corrected chi connectivity index (χ3v) is 5.79. The Kier molecular flexibility index (Phi) is 7.97. The molecule has 0 saturated heterocycles. The van der Waals surface area contributed by atoms with Crippen molar-refractivity contribution < 1.29 is 22.7 Å². The number of thiocarbonyl (C=S) groups is 1. The van der Waals surface area contributed by atoms with Gasteiger partial charge in [0.1, 0.15) is 5.75 Å². The first-order valence-corrected chi connectivity index (χ1v) is 11.9. The number of para-hydroxylation sites is 1. The van der Waals surface area contributed by atoms with Gasteiger partial charge in [-0.2, -0.15) is 0 Å². The molecule has 10 nitrogen and oxygen atoms in total. The summed E-state index contributed by atoms with van der Waals surface area (Å²) in [5.74, 6) is 0.0262. The Labute approximate surface area is 202 Å². The summed E-state index contributed by atoms with van der Waals surface area (Å²) < 4.78 is 38.3. The number of amides is 1. The van der Waals surface area contributed by atoms with Crippen molar-refractivity contribution in [2.75, 3.05) is 17.1 Å². The summed E-state index contributed by atoms with van der Waals surface area (Å²) in [7, 11) is -2.58. The van der Waals surface area contributed by atoms with Gasteiger partial charge in [0.25, 0.3) is 21.8 Å². The van der Waals surface area contributed by atoms with Crippen LogP contribution in [0.3, 0.4) is 0 Å². The third kappa shape index (κ3) is 6.39. The molecule has 12 heteroatoms. The first-order valence-electron chi connectivity index (χ1n) is 10.1. The number of carbonyl (C=O) groups is 1. The lowest BCUT2D eigenvalue weighted by Gasteiger charge is -2.15. The predicted octanol–water partition coefficient (Wildman–Crippen LogP) is 3.20. The van der Waals surface area contributed by atoms with Crippen LogP contribution in [0.1, 0.15) is 24.2 Å². The normalized spacial score (nSPS) is 10.9. The monoisotopic (exact) mass is 501 g/mol. The maximum Gasteiger partial charge on any atom is 0.263 e. The molecular weight excluding hydrogens is 478 g/mol. The molecule has 3 rings (SSSR count). The summed E-state index contributed by atoms with van der Waals surface area (Å²) in [5, 5.41) is 5.48. The lowest BCUT2D eigenvalue weighted by atomic mass is 10.2. The second-order valence-electron chi connectivity index (χ2n) is 7.12. The van der Waals surface area contributed by atoms with Crippen molar-refractivity contribution in [1.82, 2.24) is 15.3 Å². The van der Waals surface area contributed by atoms with Gasteiger partial charge in [-0.25, -0.2) is 18.4 Å². The fourth-order valence-corrected chi connectivity index (χ4v) is 4.01. The van der Waals surface area contributed by atoms with Crippen LogP contribution in [0.25, 0.3) is 0 Å². The highest BCUT2D eigenvalue weighted by molar-refractivity contribution is 7.92. The van der Waals surface area contributed by atoms with Crippen LogP contribution < -0.4 is 24.8 Å². The van der Waals surface area contributed by atoms with E-state index in [2.05, 4.69) is 25.3 Å². The number of anilines is 2. The SMILES string of the molecule is COc1nccnc1NS(=O)(=O)c1ccc(NC(=S)NC(=O)c2ccccc2OC(C)C)cc1. The molecule has 1 aromatic heterocycles. The van der Waals surface area contributed by atoms with Gasteiger partial charge < -0.3 is 14.8 Å². The lowest BCUT2D eigenvalue weighted by molar-refractivity contribution is 0.0972. The quantitative estimate of drug-likeness (QED) is 0.398. The molecule has 0 bridgehead atoms. The summed E-state index contributed by atoms with van der Waals surface area (Å²) in [4.78, 5) is 20.5. The maximum absolute atomic E-state index is 12.7. The number of nitrogens with zero attached hydrogens (tertiary/aromatic N) is 2. The minimum atomic E-state index is -3.94. The van der Waals surface area contributed by atoms with Crippen LogP contribution in [-0.2, 0) is 10.0 Å². The van der Waals surface area contributed by atoms with Gasteiger partial charge in [-0.1, -0.05) is 12.1 Å². The third-order valence-electron chi connectivity index (χ3n) is 4.23. The van der Waals surface area contributed by atoms with Crippen molar-refractivity contribution >= 4 is 44.8 Å². The number of carbonyl (C=O) groups excluding carboxylic acids is 1. The van der Waals surface area contributed by atoms with Gasteiger partial charge in [0, 0.05) is 18.1 Å². The highest BCUT2D eigenvalue weighted by atomic mass is 32.2. The van der Waals surface area contributed by atoms with Crippen LogP contribution in [0.5, 0.6) is 11.6 Å². The molecule has 0 aliphatic carbocycles. The van der Waals surface area contributed by atoms with E-state index in [4.69, 9.17) is 21.7 Å². The summed E-state index contributed by atoms with van der Waals surface area (Å²) in [5.41, 5.74) is 0.820. The summed E-state index contributed by atoms with van der Waals surface area (Å²) in [6.45, 7) is 3.73. The van der Waals surface area contributed by atoms with Crippen LogP contribution >= 0.6 is 12.2 Å². The molecule has 0 spiro atoms. The fraction of sp³-hybridized carbons (Fsp3) is 0.182. The summed E-state index contributed by atoms with van der Waals surface area (Å²) >= 11 is 5.22. The van der Waals surface area contributed by atoms with Gasteiger partial charge in [0.05, 0.1) is 23.7 Å². The molecule has 0 saturated carbocycles. The Morgan fingerprint density at radius 2 is 1.71 bits per heavy atom. The first kappa shape index (κ1) is 24.9. The van der Waals surface area contributed by atoms with E-state index in [0.717, 1.165) is 0 Å². The lowest BCUT2D eigenvalue weighted by Crippen LogP contribution is -2.34. The average molecular weight is 502 g/mol. The van der Waals surface area contributed by atoms with Crippen LogP contribution in [0.2, 0.25) is 0 Å². The Bertz CT molecular complexity index is 1280. The zero-order chi connectivity index (χ0) is 24.7. The van der Waals surface area contributed by atoms with E-state index in [1.807, 2.05) is 13.8 Å². The first-order chi connectivity index (χ1) is 16.2. The van der Waals surface area contributed by atoms with Gasteiger partial charge in [-0.15, -0.1) is 0 Å². The van der Waals surface area contributed by atoms with Crippen molar-refractivity contribution in [3.8, 4) is 11.6 Å². The molecule has 0 fully saturated rings. The number of hydrogen-bond acceptors (Lipinski definition) is 8. The summed E-state index contributed by atoms with van der Waals surface area (Å²) in [6.07, 6.45) is 2.63. The number of aromatic nitrogens is 2. The minimum absolute atomic E-state index is 0.0135.